The number of fused-ring (bicyclic) bond motifs is 1. The minimum absolute atomic E-state index is 0. The molecule has 1 unspecified atom stereocenters. The van der Waals surface area contributed by atoms with Crippen molar-refractivity contribution in [2.45, 2.75) is 38.8 Å². The van der Waals surface area contributed by atoms with E-state index in [1.807, 2.05) is 4.90 Å². The lowest BCUT2D eigenvalue weighted by Crippen LogP contribution is -2.38. The smallest absolute Gasteiger partial charge is 0.348 e. The summed E-state index contributed by atoms with van der Waals surface area (Å²) in [5.74, 6) is -1.31. The van der Waals surface area contributed by atoms with Gasteiger partial charge in [-0.1, -0.05) is 30.3 Å². The number of hydrogen-bond donors (Lipinski definition) is 0. The molecule has 0 amide bonds. The Morgan fingerprint density at radius 1 is 1.06 bits per heavy atom. The van der Waals surface area contributed by atoms with E-state index < -0.39 is 18.0 Å². The summed E-state index contributed by atoms with van der Waals surface area (Å²) in [6, 6.07) is 14.1. The Hall–Kier alpha value is -3.07. The number of carbonyl (C=O) groups excluding carboxylic acids is 3. The molecule has 0 saturated heterocycles. The number of para-hydroxylation sites is 1. The van der Waals surface area contributed by atoms with Crippen LogP contribution < -0.4 is 9.47 Å². The van der Waals surface area contributed by atoms with Gasteiger partial charge in [0.05, 0.1) is 6.04 Å². The Labute approximate surface area is 218 Å². The average Bonchev–Trinajstić information content (AvgIpc) is 3.60. The van der Waals surface area contributed by atoms with Crippen LogP contribution in [0.15, 0.2) is 54.6 Å². The number of Topliss-reactive ketones (excluding diaryl/α,β-unsaturated/α-hetero) is 1. The fourth-order valence-corrected chi connectivity index (χ4v) is 5.45. The van der Waals surface area contributed by atoms with Gasteiger partial charge >= 0.3 is 11.9 Å². The number of ketones is 1. The Kier molecular flexibility index (Phi) is 7.88. The molecule has 3 aromatic rings. The number of nitrogens with zero attached hydrogens (tertiary/aromatic N) is 1. The van der Waals surface area contributed by atoms with Crippen LogP contribution in [0.5, 0.6) is 10.8 Å². The number of halogens is 2. The Morgan fingerprint density at radius 2 is 1.78 bits per heavy atom. The quantitative estimate of drug-likeness (QED) is 0.296. The molecular formula is C27H25ClFNO5S. The first kappa shape index (κ1) is 26.0. The van der Waals surface area contributed by atoms with Crippen LogP contribution in [0.3, 0.4) is 0 Å². The summed E-state index contributed by atoms with van der Waals surface area (Å²) >= 11 is 1.38. The van der Waals surface area contributed by atoms with E-state index in [2.05, 4.69) is 0 Å². The summed E-state index contributed by atoms with van der Waals surface area (Å²) in [5, 5.41) is 0.426. The van der Waals surface area contributed by atoms with Gasteiger partial charge in [0.1, 0.15) is 17.1 Å². The maximum Gasteiger partial charge on any atom is 0.348 e. The van der Waals surface area contributed by atoms with Gasteiger partial charge in [0.2, 0.25) is 0 Å². The standard InChI is InChI=1S/C27H24FNO5S.ClH/c1-16(30)33-22-9-5-3-7-20(22)27(32)34-24-14-18-15-29(13-12-23(18)35-24)25(26(31)17-10-11-17)19-6-2-4-8-21(19)28;/h2-9,14,17,25H,10-13,15H2,1H3;1H. The third-order valence-corrected chi connectivity index (χ3v) is 7.36. The zero-order valence-corrected chi connectivity index (χ0v) is 21.2. The van der Waals surface area contributed by atoms with Crippen molar-refractivity contribution in [2.24, 2.45) is 5.92 Å². The van der Waals surface area contributed by atoms with Crippen molar-refractivity contribution in [2.75, 3.05) is 6.54 Å². The zero-order chi connectivity index (χ0) is 24.5. The van der Waals surface area contributed by atoms with Crippen LogP contribution in [0.4, 0.5) is 4.39 Å². The molecule has 36 heavy (non-hydrogen) atoms. The third-order valence-electron chi connectivity index (χ3n) is 6.24. The van der Waals surface area contributed by atoms with Crippen molar-refractivity contribution in [1.29, 1.82) is 0 Å². The highest BCUT2D eigenvalue weighted by Gasteiger charge is 2.40. The Bertz CT molecular complexity index is 1300. The predicted molar refractivity (Wildman–Crippen MR) is 135 cm³/mol. The van der Waals surface area contributed by atoms with E-state index >= 15 is 0 Å². The van der Waals surface area contributed by atoms with Crippen LogP contribution in [0.1, 0.15) is 52.2 Å². The van der Waals surface area contributed by atoms with Gasteiger partial charge in [0.15, 0.2) is 10.8 Å². The molecule has 1 aliphatic carbocycles. The number of esters is 2. The molecule has 0 N–H and O–H groups in total. The van der Waals surface area contributed by atoms with E-state index in [4.69, 9.17) is 9.47 Å². The average molecular weight is 530 g/mol. The van der Waals surface area contributed by atoms with Crippen LogP contribution in [0, 0.1) is 11.7 Å². The lowest BCUT2D eigenvalue weighted by atomic mass is 9.95. The van der Waals surface area contributed by atoms with Gasteiger partial charge < -0.3 is 9.47 Å². The number of benzene rings is 2. The van der Waals surface area contributed by atoms with Crippen molar-refractivity contribution >= 4 is 41.5 Å². The van der Waals surface area contributed by atoms with Gasteiger partial charge in [0.25, 0.3) is 0 Å². The van der Waals surface area contributed by atoms with Crippen molar-refractivity contribution in [3.8, 4) is 10.8 Å². The minimum Gasteiger partial charge on any atom is -0.426 e. The molecule has 1 aliphatic heterocycles. The fourth-order valence-electron chi connectivity index (χ4n) is 4.44. The number of thiophene rings is 1. The molecule has 0 radical (unpaired) electrons. The molecule has 2 heterocycles. The van der Waals surface area contributed by atoms with Crippen LogP contribution >= 0.6 is 23.7 Å². The number of hydrogen-bond acceptors (Lipinski definition) is 7. The molecule has 1 atom stereocenters. The number of ether oxygens (including phenoxy) is 2. The van der Waals surface area contributed by atoms with Crippen molar-refractivity contribution in [3.63, 3.8) is 0 Å². The van der Waals surface area contributed by atoms with E-state index in [0.29, 0.717) is 30.1 Å². The second kappa shape index (κ2) is 10.9. The highest BCUT2D eigenvalue weighted by atomic mass is 35.5. The molecular weight excluding hydrogens is 505 g/mol. The molecule has 188 valence electrons. The first-order valence-electron chi connectivity index (χ1n) is 11.5. The van der Waals surface area contributed by atoms with E-state index in [9.17, 15) is 18.8 Å². The van der Waals surface area contributed by atoms with Gasteiger partial charge in [-0.3, -0.25) is 14.5 Å². The monoisotopic (exact) mass is 529 g/mol. The molecule has 9 heteroatoms. The molecule has 0 spiro atoms. The summed E-state index contributed by atoms with van der Waals surface area (Å²) in [5.41, 5.74) is 1.53. The van der Waals surface area contributed by atoms with E-state index in [-0.39, 0.29) is 41.2 Å². The van der Waals surface area contributed by atoms with Gasteiger partial charge in [0, 0.05) is 36.4 Å². The first-order valence-corrected chi connectivity index (χ1v) is 12.4. The third kappa shape index (κ3) is 5.51. The summed E-state index contributed by atoms with van der Waals surface area (Å²) in [7, 11) is 0. The first-order chi connectivity index (χ1) is 16.9. The number of carbonyl (C=O) groups is 3. The van der Waals surface area contributed by atoms with Crippen LogP contribution in [0.25, 0.3) is 0 Å². The molecule has 1 fully saturated rings. The predicted octanol–water partition coefficient (Wildman–Crippen LogP) is 5.53. The summed E-state index contributed by atoms with van der Waals surface area (Å²) in [4.78, 5) is 40.4. The van der Waals surface area contributed by atoms with Gasteiger partial charge in [-0.25, -0.2) is 9.18 Å². The van der Waals surface area contributed by atoms with E-state index in [1.54, 1.807) is 42.5 Å². The van der Waals surface area contributed by atoms with Crippen molar-refractivity contribution < 1.29 is 28.2 Å². The molecule has 1 aromatic heterocycles. The summed E-state index contributed by atoms with van der Waals surface area (Å²) in [6.07, 6.45) is 2.39. The molecule has 6 nitrogen and oxygen atoms in total. The second-order valence-corrected chi connectivity index (χ2v) is 9.91. The fraction of sp³-hybridized carbons (Fsp3) is 0.296. The van der Waals surface area contributed by atoms with Crippen molar-refractivity contribution in [3.05, 3.63) is 82.0 Å². The summed E-state index contributed by atoms with van der Waals surface area (Å²) < 4.78 is 25.4. The van der Waals surface area contributed by atoms with Crippen LogP contribution in [-0.4, -0.2) is 29.2 Å². The molecule has 2 aromatic carbocycles. The lowest BCUT2D eigenvalue weighted by molar-refractivity contribution is -0.132. The number of rotatable bonds is 7. The van der Waals surface area contributed by atoms with E-state index in [0.717, 1.165) is 23.3 Å². The maximum absolute atomic E-state index is 14.7. The second-order valence-electron chi connectivity index (χ2n) is 8.81. The van der Waals surface area contributed by atoms with Gasteiger partial charge in [-0.2, -0.15) is 0 Å². The largest absolute Gasteiger partial charge is 0.426 e. The van der Waals surface area contributed by atoms with E-state index in [1.165, 1.54) is 30.4 Å². The SMILES string of the molecule is CC(=O)Oc1ccccc1C(=O)Oc1cc2c(s1)CCN(C(C(=O)C1CC1)c1ccccc1F)C2.Cl. The Balaban J connectivity index is 0.00000304. The topological polar surface area (TPSA) is 72.9 Å². The highest BCUT2D eigenvalue weighted by molar-refractivity contribution is 7.14. The summed E-state index contributed by atoms with van der Waals surface area (Å²) in [6.45, 7) is 2.34. The zero-order valence-electron chi connectivity index (χ0n) is 19.6. The maximum atomic E-state index is 14.7. The lowest BCUT2D eigenvalue weighted by Gasteiger charge is -2.34. The molecule has 2 aliphatic rings. The molecule has 0 bridgehead atoms. The van der Waals surface area contributed by atoms with Gasteiger partial charge in [-0.05, 0) is 49.1 Å². The Morgan fingerprint density at radius 3 is 2.50 bits per heavy atom. The normalized spacial score (nSPS) is 15.8. The van der Waals surface area contributed by atoms with Gasteiger partial charge in [-0.15, -0.1) is 23.7 Å². The van der Waals surface area contributed by atoms with Crippen molar-refractivity contribution in [1.82, 2.24) is 4.90 Å². The van der Waals surface area contributed by atoms with Crippen LogP contribution in [0.2, 0.25) is 0 Å². The minimum atomic E-state index is -0.627. The highest BCUT2D eigenvalue weighted by Crippen LogP contribution is 2.41. The van der Waals surface area contributed by atoms with Crippen LogP contribution in [-0.2, 0) is 22.6 Å². The molecule has 1 saturated carbocycles. The molecule has 5 rings (SSSR count).